The largest absolute Gasteiger partial charge is 0.492 e. The second kappa shape index (κ2) is 7.12. The van der Waals surface area contributed by atoms with Crippen molar-refractivity contribution in [3.05, 3.63) is 64.3 Å². The molecule has 4 N–H and O–H groups in total. The monoisotopic (exact) mass is 408 g/mol. The second-order valence-corrected chi connectivity index (χ2v) is 8.33. The summed E-state index contributed by atoms with van der Waals surface area (Å²) >= 11 is -1.58. The minimum absolute atomic E-state index is 0.0444. The Morgan fingerprint density at radius 3 is 2.79 bits per heavy atom. The lowest BCUT2D eigenvalue weighted by molar-refractivity contribution is 0.103. The molecule has 0 fully saturated rings. The zero-order valence-corrected chi connectivity index (χ0v) is 16.9. The molecule has 1 aromatic heterocycles. The highest BCUT2D eigenvalue weighted by Crippen LogP contribution is 2.44. The van der Waals surface area contributed by atoms with Crippen LogP contribution in [0.4, 0.5) is 0 Å². The lowest BCUT2D eigenvalue weighted by Crippen LogP contribution is -2.30. The van der Waals surface area contributed by atoms with Crippen molar-refractivity contribution < 1.29 is 13.7 Å². The molecule has 29 heavy (non-hydrogen) atoms. The van der Waals surface area contributed by atoms with E-state index in [2.05, 4.69) is 29.6 Å². The van der Waals surface area contributed by atoms with Crippen molar-refractivity contribution in [2.24, 2.45) is 5.14 Å². The maximum atomic E-state index is 13.3. The van der Waals surface area contributed by atoms with Gasteiger partial charge in [0.1, 0.15) is 12.4 Å². The van der Waals surface area contributed by atoms with Crippen LogP contribution in [0.1, 0.15) is 46.6 Å². The summed E-state index contributed by atoms with van der Waals surface area (Å²) in [6, 6.07) is 12.9. The number of ether oxygens (including phenoxy) is 1. The quantitative estimate of drug-likeness (QED) is 0.561. The first-order valence-corrected chi connectivity index (χ1v) is 10.3. The van der Waals surface area contributed by atoms with Crippen molar-refractivity contribution >= 4 is 27.9 Å². The molecule has 1 heterocycles. The first-order valence-electron chi connectivity index (χ1n) is 9.11. The summed E-state index contributed by atoms with van der Waals surface area (Å²) in [6.45, 7) is 4.75. The number of nitrogens with two attached hydrogens (primary N) is 1. The molecule has 0 radical (unpaired) electrons. The van der Waals surface area contributed by atoms with Gasteiger partial charge in [-0.15, -0.1) is 0 Å². The number of ketones is 1. The molecule has 4 rings (SSSR count). The molecule has 1 atom stereocenters. The number of fused-ring (bicyclic) bond motifs is 4. The van der Waals surface area contributed by atoms with E-state index in [-0.39, 0.29) is 5.78 Å². The number of carbonyl (C=O) groups excluding carboxylic acids is 1. The average molecular weight is 408 g/mol. The van der Waals surface area contributed by atoms with Crippen LogP contribution in [0.15, 0.2) is 36.4 Å². The number of benzene rings is 2. The Morgan fingerprint density at radius 2 is 2.07 bits per heavy atom. The van der Waals surface area contributed by atoms with E-state index in [1.165, 1.54) is 0 Å². The summed E-state index contributed by atoms with van der Waals surface area (Å²) in [7, 11) is 0. The lowest BCUT2D eigenvalue weighted by atomic mass is 9.71. The first kappa shape index (κ1) is 19.3. The standard InChI is InChI=1S/C21H20N4O3S/c1-21(2)16-10-13(28-8-7-24-29(23)27)4-6-14(16)19(26)18-15-5-3-12(11-22)9-17(15)25-20(18)21/h3-6,9-10,24-25H,7-8,23H2,1-2H3. The molecule has 1 aliphatic carbocycles. The van der Waals surface area contributed by atoms with E-state index in [4.69, 9.17) is 9.88 Å². The van der Waals surface area contributed by atoms with E-state index in [9.17, 15) is 14.3 Å². The zero-order chi connectivity index (χ0) is 20.8. The fourth-order valence-electron chi connectivity index (χ4n) is 3.88. The summed E-state index contributed by atoms with van der Waals surface area (Å²) < 4.78 is 19.2. The van der Waals surface area contributed by atoms with Crippen LogP contribution >= 0.6 is 0 Å². The SMILES string of the molecule is CC1(C)c2cc(OCCNS(N)=O)ccc2C(=O)c2c1[nH]c1cc(C#N)ccc21. The van der Waals surface area contributed by atoms with Gasteiger partial charge in [-0.3, -0.25) is 4.79 Å². The van der Waals surface area contributed by atoms with Gasteiger partial charge in [0, 0.05) is 34.1 Å². The third-order valence-corrected chi connectivity index (χ3v) is 5.79. The van der Waals surface area contributed by atoms with Crippen LogP contribution in [0.5, 0.6) is 5.75 Å². The molecule has 2 aromatic carbocycles. The Hall–Kier alpha value is -2.99. The molecule has 0 amide bonds. The second-order valence-electron chi connectivity index (χ2n) is 7.45. The number of aromatic amines is 1. The van der Waals surface area contributed by atoms with Crippen molar-refractivity contribution in [3.8, 4) is 11.8 Å². The van der Waals surface area contributed by atoms with E-state index in [0.29, 0.717) is 35.6 Å². The van der Waals surface area contributed by atoms with Gasteiger partial charge in [-0.1, -0.05) is 19.9 Å². The van der Waals surface area contributed by atoms with E-state index >= 15 is 0 Å². The number of aromatic nitrogens is 1. The molecule has 1 aliphatic rings. The Bertz CT molecular complexity index is 1210. The van der Waals surface area contributed by atoms with Crippen LogP contribution in [-0.2, 0) is 16.6 Å². The maximum absolute atomic E-state index is 13.3. The van der Waals surface area contributed by atoms with E-state index in [1.807, 2.05) is 12.1 Å². The average Bonchev–Trinajstić information content (AvgIpc) is 3.09. The van der Waals surface area contributed by atoms with Crippen molar-refractivity contribution in [3.63, 3.8) is 0 Å². The number of carbonyl (C=O) groups is 1. The van der Waals surface area contributed by atoms with E-state index in [1.54, 1.807) is 24.3 Å². The predicted octanol–water partition coefficient (Wildman–Crippen LogP) is 2.42. The van der Waals surface area contributed by atoms with Gasteiger partial charge in [-0.25, -0.2) is 14.1 Å². The predicted molar refractivity (Wildman–Crippen MR) is 111 cm³/mol. The summed E-state index contributed by atoms with van der Waals surface area (Å²) in [5, 5.41) is 15.2. The molecule has 148 valence electrons. The van der Waals surface area contributed by atoms with Crippen molar-refractivity contribution in [1.82, 2.24) is 9.71 Å². The number of H-pyrrole nitrogens is 1. The van der Waals surface area contributed by atoms with Crippen LogP contribution < -0.4 is 14.6 Å². The number of rotatable bonds is 5. The molecule has 8 heteroatoms. The molecule has 3 aromatic rings. The molecular formula is C21H20N4O3S. The van der Waals surface area contributed by atoms with E-state index in [0.717, 1.165) is 22.2 Å². The fourth-order valence-corrected chi connectivity index (χ4v) is 4.16. The fraction of sp³-hybridized carbons (Fsp3) is 0.238. The molecule has 0 saturated carbocycles. The minimum Gasteiger partial charge on any atom is -0.492 e. The van der Waals surface area contributed by atoms with Crippen molar-refractivity contribution in [2.45, 2.75) is 19.3 Å². The molecule has 0 aliphatic heterocycles. The minimum atomic E-state index is -1.58. The number of nitrogens with zero attached hydrogens (tertiary/aromatic N) is 1. The molecule has 1 unspecified atom stereocenters. The van der Waals surface area contributed by atoms with E-state index < -0.39 is 16.6 Å². The third-order valence-electron chi connectivity index (χ3n) is 5.30. The normalized spacial score (nSPS) is 15.4. The number of hydrogen-bond donors (Lipinski definition) is 3. The van der Waals surface area contributed by atoms with Gasteiger partial charge in [-0.2, -0.15) is 5.26 Å². The third kappa shape index (κ3) is 3.23. The van der Waals surface area contributed by atoms with Gasteiger partial charge in [0.05, 0.1) is 17.2 Å². The Labute approximate surface area is 170 Å². The van der Waals surface area contributed by atoms with Gasteiger partial charge in [0.2, 0.25) is 0 Å². The molecule has 0 spiro atoms. The van der Waals surface area contributed by atoms with Gasteiger partial charge < -0.3 is 9.72 Å². The van der Waals surface area contributed by atoms with Crippen molar-refractivity contribution in [2.75, 3.05) is 13.2 Å². The summed E-state index contributed by atoms with van der Waals surface area (Å²) in [4.78, 5) is 16.7. The van der Waals surface area contributed by atoms with Crippen LogP contribution in [0.2, 0.25) is 0 Å². The number of nitriles is 1. The van der Waals surface area contributed by atoms with Gasteiger partial charge in [-0.05, 0) is 35.9 Å². The highest BCUT2D eigenvalue weighted by molar-refractivity contribution is 7.80. The Balaban J connectivity index is 1.74. The smallest absolute Gasteiger partial charge is 0.195 e. The first-order chi connectivity index (χ1) is 13.8. The molecule has 0 bridgehead atoms. The van der Waals surface area contributed by atoms with Crippen molar-refractivity contribution in [1.29, 1.82) is 5.26 Å². The van der Waals surface area contributed by atoms with Gasteiger partial charge in [0.25, 0.3) is 0 Å². The van der Waals surface area contributed by atoms with Crippen LogP contribution in [-0.4, -0.2) is 28.1 Å². The zero-order valence-electron chi connectivity index (χ0n) is 16.0. The molecular weight excluding hydrogens is 388 g/mol. The topological polar surface area (TPSA) is 121 Å². The molecule has 7 nitrogen and oxygen atoms in total. The maximum Gasteiger partial charge on any atom is 0.195 e. The summed E-state index contributed by atoms with van der Waals surface area (Å²) in [5.41, 5.74) is 3.86. The highest BCUT2D eigenvalue weighted by Gasteiger charge is 2.39. The van der Waals surface area contributed by atoms with Crippen LogP contribution in [0.3, 0.4) is 0 Å². The number of hydrogen-bond acceptors (Lipinski definition) is 4. The number of nitrogens with one attached hydrogen (secondary N) is 2. The Morgan fingerprint density at radius 1 is 1.28 bits per heavy atom. The lowest BCUT2D eigenvalue weighted by Gasteiger charge is -2.32. The molecule has 0 saturated heterocycles. The summed E-state index contributed by atoms with van der Waals surface area (Å²) in [6.07, 6.45) is 0. The van der Waals surface area contributed by atoms with Crippen LogP contribution in [0, 0.1) is 11.3 Å². The van der Waals surface area contributed by atoms with Gasteiger partial charge in [0.15, 0.2) is 17.0 Å². The Kier molecular flexibility index (Phi) is 4.74. The van der Waals surface area contributed by atoms with Crippen LogP contribution in [0.25, 0.3) is 10.9 Å². The summed E-state index contributed by atoms with van der Waals surface area (Å²) in [5.74, 6) is 0.581. The highest BCUT2D eigenvalue weighted by atomic mass is 32.2. The van der Waals surface area contributed by atoms with Gasteiger partial charge >= 0.3 is 0 Å².